The van der Waals surface area contributed by atoms with E-state index in [1.165, 1.54) is 13.3 Å². The summed E-state index contributed by atoms with van der Waals surface area (Å²) < 4.78 is 52.2. The standard InChI is InChI=1S/C26H27F3N2O4/c1-34-18-5-7-23-20(14-18)19(22(29)15-30-23)3-2-8-26(25(32)33)9-10-31(16-26)11-12-35-24-13-17(27)4-6-21(24)28/h4-7,13-15H,2-3,8-12,16H2,1H3,(H,32,33). The fraction of sp³-hybridized carbons (Fsp3) is 0.385. The second kappa shape index (κ2) is 10.5. The molecule has 35 heavy (non-hydrogen) atoms. The van der Waals surface area contributed by atoms with Gasteiger partial charge in [0.25, 0.3) is 0 Å². The predicted octanol–water partition coefficient (Wildman–Crippen LogP) is 4.84. The summed E-state index contributed by atoms with van der Waals surface area (Å²) in [5.74, 6) is -2.13. The lowest BCUT2D eigenvalue weighted by Gasteiger charge is -2.25. The Hall–Kier alpha value is -3.33. The van der Waals surface area contributed by atoms with Crippen LogP contribution in [0.4, 0.5) is 13.2 Å². The molecule has 1 saturated heterocycles. The van der Waals surface area contributed by atoms with Gasteiger partial charge in [0.05, 0.1) is 24.2 Å². The minimum absolute atomic E-state index is 0.103. The van der Waals surface area contributed by atoms with Gasteiger partial charge in [-0.2, -0.15) is 0 Å². The molecular weight excluding hydrogens is 461 g/mol. The predicted molar refractivity (Wildman–Crippen MR) is 124 cm³/mol. The number of benzene rings is 2. The van der Waals surface area contributed by atoms with Crippen molar-refractivity contribution >= 4 is 16.9 Å². The topological polar surface area (TPSA) is 71.9 Å². The molecule has 3 aromatic rings. The maximum Gasteiger partial charge on any atom is 0.310 e. The molecule has 1 fully saturated rings. The first-order valence-corrected chi connectivity index (χ1v) is 11.5. The van der Waals surface area contributed by atoms with Gasteiger partial charge < -0.3 is 14.6 Å². The van der Waals surface area contributed by atoms with Gasteiger partial charge in [-0.3, -0.25) is 14.7 Å². The summed E-state index contributed by atoms with van der Waals surface area (Å²) >= 11 is 0. The highest BCUT2D eigenvalue weighted by Crippen LogP contribution is 2.37. The summed E-state index contributed by atoms with van der Waals surface area (Å²) in [5, 5.41) is 10.6. The Morgan fingerprint density at radius 1 is 1.17 bits per heavy atom. The summed E-state index contributed by atoms with van der Waals surface area (Å²) in [6, 6.07) is 8.27. The van der Waals surface area contributed by atoms with Crippen LogP contribution in [0.2, 0.25) is 0 Å². The second-order valence-electron chi connectivity index (χ2n) is 8.86. The Morgan fingerprint density at radius 2 is 2.00 bits per heavy atom. The summed E-state index contributed by atoms with van der Waals surface area (Å²) in [4.78, 5) is 18.3. The van der Waals surface area contributed by atoms with Gasteiger partial charge in [0.2, 0.25) is 0 Å². The van der Waals surface area contributed by atoms with Crippen molar-refractivity contribution in [3.8, 4) is 11.5 Å². The Kier molecular flexibility index (Phi) is 7.45. The van der Waals surface area contributed by atoms with E-state index < -0.39 is 28.8 Å². The minimum atomic E-state index is -0.957. The van der Waals surface area contributed by atoms with Crippen LogP contribution in [0.3, 0.4) is 0 Å². The third-order valence-corrected chi connectivity index (χ3v) is 6.66. The Bertz CT molecular complexity index is 1220. The molecule has 6 nitrogen and oxygen atoms in total. The molecule has 0 radical (unpaired) electrons. The molecule has 0 amide bonds. The van der Waals surface area contributed by atoms with Crippen molar-refractivity contribution < 1.29 is 32.5 Å². The summed E-state index contributed by atoms with van der Waals surface area (Å²) in [6.07, 6.45) is 2.87. The van der Waals surface area contributed by atoms with Crippen LogP contribution < -0.4 is 9.47 Å². The van der Waals surface area contributed by atoms with E-state index in [0.29, 0.717) is 67.5 Å². The highest BCUT2D eigenvalue weighted by Gasteiger charge is 2.44. The molecule has 1 aliphatic rings. The molecule has 2 heterocycles. The van der Waals surface area contributed by atoms with E-state index in [2.05, 4.69) is 4.98 Å². The molecule has 1 atom stereocenters. The van der Waals surface area contributed by atoms with Crippen molar-refractivity contribution in [1.82, 2.24) is 9.88 Å². The van der Waals surface area contributed by atoms with Gasteiger partial charge in [0.1, 0.15) is 24.0 Å². The third kappa shape index (κ3) is 5.51. The zero-order chi connectivity index (χ0) is 25.0. The molecule has 0 aliphatic carbocycles. The molecule has 0 saturated carbocycles. The highest BCUT2D eigenvalue weighted by atomic mass is 19.1. The number of nitrogens with zero attached hydrogens (tertiary/aromatic N) is 2. The van der Waals surface area contributed by atoms with Crippen LogP contribution in [0.1, 0.15) is 24.8 Å². The lowest BCUT2D eigenvalue weighted by molar-refractivity contribution is -0.148. The molecule has 0 spiro atoms. The molecule has 4 rings (SSSR count). The smallest absolute Gasteiger partial charge is 0.310 e. The van der Waals surface area contributed by atoms with Gasteiger partial charge in [-0.25, -0.2) is 13.2 Å². The average molecular weight is 489 g/mol. The van der Waals surface area contributed by atoms with E-state index in [1.807, 2.05) is 4.90 Å². The van der Waals surface area contributed by atoms with Crippen LogP contribution in [-0.2, 0) is 11.2 Å². The number of hydrogen-bond donors (Lipinski definition) is 1. The van der Waals surface area contributed by atoms with Gasteiger partial charge in [0, 0.05) is 24.5 Å². The summed E-state index contributed by atoms with van der Waals surface area (Å²) in [6.45, 7) is 1.34. The van der Waals surface area contributed by atoms with Crippen molar-refractivity contribution in [3.63, 3.8) is 0 Å². The van der Waals surface area contributed by atoms with E-state index in [4.69, 9.17) is 9.47 Å². The minimum Gasteiger partial charge on any atom is -0.497 e. The maximum absolute atomic E-state index is 14.6. The largest absolute Gasteiger partial charge is 0.497 e. The first kappa shape index (κ1) is 24.8. The molecule has 2 aromatic carbocycles. The number of ether oxygens (including phenoxy) is 2. The van der Waals surface area contributed by atoms with Crippen molar-refractivity contribution in [2.45, 2.75) is 25.7 Å². The number of carboxylic acids is 1. The van der Waals surface area contributed by atoms with Crippen LogP contribution in [0.15, 0.2) is 42.6 Å². The number of aliphatic carboxylic acids is 1. The number of fused-ring (bicyclic) bond motifs is 1. The first-order valence-electron chi connectivity index (χ1n) is 11.5. The highest BCUT2D eigenvalue weighted by molar-refractivity contribution is 5.83. The molecule has 1 unspecified atom stereocenters. The zero-order valence-corrected chi connectivity index (χ0v) is 19.4. The van der Waals surface area contributed by atoms with Crippen LogP contribution in [0.5, 0.6) is 11.5 Å². The molecule has 1 aliphatic heterocycles. The van der Waals surface area contributed by atoms with Gasteiger partial charge in [-0.05, 0) is 68.1 Å². The lowest BCUT2D eigenvalue weighted by atomic mass is 9.81. The SMILES string of the molecule is COc1ccc2ncc(F)c(CCCC3(C(=O)O)CCN(CCOc4cc(F)ccc4F)C3)c2c1. The number of rotatable bonds is 10. The van der Waals surface area contributed by atoms with Crippen LogP contribution in [0.25, 0.3) is 10.9 Å². The number of aromatic nitrogens is 1. The molecule has 9 heteroatoms. The fourth-order valence-electron chi connectivity index (χ4n) is 4.69. The zero-order valence-electron chi connectivity index (χ0n) is 19.4. The van der Waals surface area contributed by atoms with Crippen LogP contribution in [0, 0.1) is 22.9 Å². The van der Waals surface area contributed by atoms with E-state index in [1.54, 1.807) is 18.2 Å². The van der Waals surface area contributed by atoms with Crippen LogP contribution >= 0.6 is 0 Å². The molecule has 0 bridgehead atoms. The van der Waals surface area contributed by atoms with E-state index in [9.17, 15) is 23.1 Å². The van der Waals surface area contributed by atoms with E-state index >= 15 is 0 Å². The van der Waals surface area contributed by atoms with Gasteiger partial charge >= 0.3 is 5.97 Å². The van der Waals surface area contributed by atoms with E-state index in [-0.39, 0.29) is 12.4 Å². The van der Waals surface area contributed by atoms with Gasteiger partial charge in [0.15, 0.2) is 11.6 Å². The number of pyridine rings is 1. The Balaban J connectivity index is 1.37. The number of methoxy groups -OCH3 is 1. The third-order valence-electron chi connectivity index (χ3n) is 6.66. The molecule has 186 valence electrons. The average Bonchev–Trinajstić information content (AvgIpc) is 3.27. The molecule has 1 N–H and O–H groups in total. The van der Waals surface area contributed by atoms with E-state index in [0.717, 1.165) is 18.2 Å². The van der Waals surface area contributed by atoms with Crippen molar-refractivity contribution in [2.75, 3.05) is 33.4 Å². The lowest BCUT2D eigenvalue weighted by Crippen LogP contribution is -2.36. The van der Waals surface area contributed by atoms with Crippen molar-refractivity contribution in [1.29, 1.82) is 0 Å². The normalized spacial score (nSPS) is 18.2. The number of hydrogen-bond acceptors (Lipinski definition) is 5. The quantitative estimate of drug-likeness (QED) is 0.441. The maximum atomic E-state index is 14.6. The van der Waals surface area contributed by atoms with Crippen molar-refractivity contribution in [3.05, 3.63) is 65.6 Å². The summed E-state index contributed by atoms with van der Waals surface area (Å²) in [5.41, 5.74) is 0.188. The molecule has 1 aromatic heterocycles. The molecular formula is C26H27F3N2O4. The fourth-order valence-corrected chi connectivity index (χ4v) is 4.69. The van der Waals surface area contributed by atoms with Gasteiger partial charge in [-0.1, -0.05) is 0 Å². The first-order chi connectivity index (χ1) is 16.8. The number of aryl methyl sites for hydroxylation is 1. The Morgan fingerprint density at radius 3 is 2.77 bits per heavy atom. The summed E-state index contributed by atoms with van der Waals surface area (Å²) in [7, 11) is 1.54. The van der Waals surface area contributed by atoms with Gasteiger partial charge in [-0.15, -0.1) is 0 Å². The number of likely N-dealkylation sites (tertiary alicyclic amines) is 1. The Labute approximate surface area is 201 Å². The second-order valence-corrected chi connectivity index (χ2v) is 8.86. The van der Waals surface area contributed by atoms with Crippen molar-refractivity contribution in [2.24, 2.45) is 5.41 Å². The van der Waals surface area contributed by atoms with Crippen LogP contribution in [-0.4, -0.2) is 54.3 Å². The number of carbonyl (C=O) groups is 1. The number of carboxylic acid groups (broad SMARTS) is 1. The number of halogens is 3. The monoisotopic (exact) mass is 488 g/mol.